The lowest BCUT2D eigenvalue weighted by Crippen LogP contribution is -2.32. The summed E-state index contributed by atoms with van der Waals surface area (Å²) in [5.41, 5.74) is 2.79. The van der Waals surface area contributed by atoms with Crippen LogP contribution in [0.1, 0.15) is 44.5 Å². The van der Waals surface area contributed by atoms with E-state index in [0.29, 0.717) is 12.1 Å². The monoisotopic (exact) mass is 237 g/mol. The van der Waals surface area contributed by atoms with Crippen LogP contribution >= 0.6 is 0 Å². The van der Waals surface area contributed by atoms with Crippen molar-refractivity contribution in [1.82, 2.24) is 15.1 Å². The van der Waals surface area contributed by atoms with Crippen LogP contribution in [0.3, 0.4) is 0 Å². The molecule has 1 rings (SSSR count). The first-order chi connectivity index (χ1) is 7.51. The molecule has 1 aromatic heterocycles. The van der Waals surface area contributed by atoms with Gasteiger partial charge in [0, 0.05) is 24.8 Å². The van der Waals surface area contributed by atoms with Crippen LogP contribution in [0.5, 0.6) is 0 Å². The zero-order valence-electron chi connectivity index (χ0n) is 11.5. The van der Waals surface area contributed by atoms with Crippen molar-refractivity contribution in [2.75, 3.05) is 0 Å². The maximum absolute atomic E-state index is 4.64. The molecular formula is C12H24AlN3. The summed E-state index contributed by atoms with van der Waals surface area (Å²) in [6.07, 6.45) is 1.13. The summed E-state index contributed by atoms with van der Waals surface area (Å²) in [4.78, 5) is 0. The van der Waals surface area contributed by atoms with Gasteiger partial charge in [-0.3, -0.25) is 4.68 Å². The van der Waals surface area contributed by atoms with Crippen molar-refractivity contribution in [1.29, 1.82) is 0 Å². The fourth-order valence-corrected chi connectivity index (χ4v) is 3.45. The molecule has 1 heterocycles. The Morgan fingerprint density at radius 1 is 1.44 bits per heavy atom. The predicted octanol–water partition coefficient (Wildman–Crippen LogP) is 1.29. The predicted molar refractivity (Wildman–Crippen MR) is 71.9 cm³/mol. The topological polar surface area (TPSA) is 29.9 Å². The summed E-state index contributed by atoms with van der Waals surface area (Å²) in [6.45, 7) is 8.84. The van der Waals surface area contributed by atoms with Crippen molar-refractivity contribution in [3.8, 4) is 0 Å². The summed E-state index contributed by atoms with van der Waals surface area (Å²) >= 11 is -0.196. The van der Waals surface area contributed by atoms with Gasteiger partial charge in [0.25, 0.3) is 0 Å². The third kappa shape index (κ3) is 2.88. The normalized spacial score (nSPS) is 13.2. The van der Waals surface area contributed by atoms with Gasteiger partial charge in [-0.15, -0.1) is 5.79 Å². The second kappa shape index (κ2) is 5.86. The first-order valence-corrected chi connectivity index (χ1v) is 8.41. The molecule has 0 aliphatic rings. The lowest BCUT2D eigenvalue weighted by Gasteiger charge is -2.21. The Labute approximate surface area is 105 Å². The highest BCUT2D eigenvalue weighted by Crippen LogP contribution is 2.18. The van der Waals surface area contributed by atoms with E-state index < -0.39 is 0 Å². The van der Waals surface area contributed by atoms with Crippen molar-refractivity contribution < 1.29 is 0 Å². The van der Waals surface area contributed by atoms with Gasteiger partial charge in [0.1, 0.15) is 0 Å². The Balaban J connectivity index is 3.07. The molecule has 0 amide bonds. The molecule has 0 saturated carbocycles. The van der Waals surface area contributed by atoms with E-state index in [1.807, 2.05) is 4.68 Å². The van der Waals surface area contributed by atoms with E-state index in [-0.39, 0.29) is 15.2 Å². The molecule has 3 nitrogen and oxygen atoms in total. The molecule has 4 heteroatoms. The lowest BCUT2D eigenvalue weighted by atomic mass is 10.0. The van der Waals surface area contributed by atoms with Gasteiger partial charge in [0.15, 0.2) is 0 Å². The summed E-state index contributed by atoms with van der Waals surface area (Å²) in [5.74, 6) is 2.31. The fraction of sp³-hybridized carbons (Fsp3) is 0.750. The number of nitrogens with zero attached hydrogens (tertiary/aromatic N) is 2. The summed E-state index contributed by atoms with van der Waals surface area (Å²) < 4.78 is 3.41. The standard InChI is InChI=1S/C11H20N3.CH3.Al.H/c1-6-11(13-8(2)3)10-7-12-14(5)9(10)4;;;/h8,11,13H,6H2,1-5H3;1H3;;. The second-order valence-electron chi connectivity index (χ2n) is 4.71. The molecule has 0 fully saturated rings. The first kappa shape index (κ1) is 13.8. The highest BCUT2D eigenvalue weighted by Gasteiger charge is 2.20. The Hall–Kier alpha value is -0.298. The van der Waals surface area contributed by atoms with E-state index in [1.54, 1.807) is 0 Å². The number of nitrogens with one attached hydrogen (secondary N) is 1. The van der Waals surface area contributed by atoms with E-state index in [9.17, 15) is 0 Å². The molecule has 0 saturated heterocycles. The van der Waals surface area contributed by atoms with E-state index in [2.05, 4.69) is 50.9 Å². The largest absolute Gasteiger partial charge is 0.313 e. The van der Waals surface area contributed by atoms with Gasteiger partial charge in [-0.25, -0.2) is 0 Å². The average Bonchev–Trinajstić information content (AvgIpc) is 2.52. The van der Waals surface area contributed by atoms with Crippen molar-refractivity contribution >= 4 is 19.8 Å². The third-order valence-electron chi connectivity index (χ3n) is 3.08. The van der Waals surface area contributed by atoms with E-state index >= 15 is 0 Å². The molecule has 1 atom stereocenters. The molecule has 90 valence electrons. The van der Waals surface area contributed by atoms with Gasteiger partial charge >= 0.3 is 15.2 Å². The highest BCUT2D eigenvalue weighted by atomic mass is 27.1. The van der Waals surface area contributed by atoms with Gasteiger partial charge < -0.3 is 5.32 Å². The van der Waals surface area contributed by atoms with Crippen LogP contribution in [-0.4, -0.2) is 31.0 Å². The van der Waals surface area contributed by atoms with Gasteiger partial charge in [0.05, 0.1) is 0 Å². The maximum atomic E-state index is 4.64. The van der Waals surface area contributed by atoms with E-state index in [0.717, 1.165) is 6.42 Å². The summed E-state index contributed by atoms with van der Waals surface area (Å²) in [5, 5.41) is 8.29. The molecule has 0 spiro atoms. The van der Waals surface area contributed by atoms with Crippen molar-refractivity contribution in [3.05, 3.63) is 11.3 Å². The SMILES string of the molecule is CCC(NC(C)C)c1[c]([AlH][CH3])nn(C)c1C. The number of aryl methyl sites for hydroxylation is 1. The van der Waals surface area contributed by atoms with Gasteiger partial charge in [-0.2, -0.15) is 5.10 Å². The molecule has 0 radical (unpaired) electrons. The quantitative estimate of drug-likeness (QED) is 0.782. The van der Waals surface area contributed by atoms with Crippen molar-refractivity contribution in [2.24, 2.45) is 7.05 Å². The van der Waals surface area contributed by atoms with Gasteiger partial charge in [0.2, 0.25) is 0 Å². The minimum absolute atomic E-state index is 0.196. The maximum Gasteiger partial charge on any atom is 0.313 e. The minimum atomic E-state index is -0.196. The molecule has 1 aromatic rings. The zero-order chi connectivity index (χ0) is 12.3. The third-order valence-corrected chi connectivity index (χ3v) is 4.28. The molecule has 1 N–H and O–H groups in total. The number of rotatable bonds is 5. The zero-order valence-corrected chi connectivity index (χ0v) is 12.9. The second-order valence-corrected chi connectivity index (χ2v) is 6.08. The van der Waals surface area contributed by atoms with Gasteiger partial charge in [-0.05, 0) is 23.5 Å². The molecule has 16 heavy (non-hydrogen) atoms. The van der Waals surface area contributed by atoms with Crippen LogP contribution in [-0.2, 0) is 7.05 Å². The fourth-order valence-electron chi connectivity index (χ4n) is 2.22. The highest BCUT2D eigenvalue weighted by molar-refractivity contribution is 6.51. The summed E-state index contributed by atoms with van der Waals surface area (Å²) in [7, 11) is 2.05. The smallest absolute Gasteiger partial charge is 0.308 e. The Bertz CT molecular complexity index is 344. The summed E-state index contributed by atoms with van der Waals surface area (Å²) in [6, 6.07) is 0.993. The molecule has 0 bridgehead atoms. The van der Waals surface area contributed by atoms with Crippen molar-refractivity contribution in [2.45, 2.75) is 52.0 Å². The van der Waals surface area contributed by atoms with Crippen LogP contribution in [0, 0.1) is 6.92 Å². The molecule has 0 aliphatic heterocycles. The van der Waals surface area contributed by atoms with Crippen LogP contribution < -0.4 is 9.87 Å². The van der Waals surface area contributed by atoms with Crippen LogP contribution in [0.15, 0.2) is 0 Å². The number of hydrogen-bond acceptors (Lipinski definition) is 2. The first-order valence-electron chi connectivity index (χ1n) is 6.29. The lowest BCUT2D eigenvalue weighted by molar-refractivity contribution is 0.465. The molecule has 1 unspecified atom stereocenters. The molecule has 0 aliphatic carbocycles. The van der Waals surface area contributed by atoms with Crippen molar-refractivity contribution in [3.63, 3.8) is 0 Å². The average molecular weight is 237 g/mol. The molecule has 0 aromatic carbocycles. The Morgan fingerprint density at radius 3 is 2.50 bits per heavy atom. The Morgan fingerprint density at radius 2 is 2.06 bits per heavy atom. The van der Waals surface area contributed by atoms with E-state index in [4.69, 9.17) is 0 Å². The van der Waals surface area contributed by atoms with Gasteiger partial charge in [-0.1, -0.05) is 20.8 Å². The molecular weight excluding hydrogens is 213 g/mol. The van der Waals surface area contributed by atoms with E-state index in [1.165, 1.54) is 15.8 Å². The Kier molecular flexibility index (Phi) is 5.04. The van der Waals surface area contributed by atoms with Crippen LogP contribution in [0.4, 0.5) is 0 Å². The van der Waals surface area contributed by atoms with Crippen LogP contribution in [0.2, 0.25) is 5.79 Å². The number of hydrogen-bond donors (Lipinski definition) is 1. The number of aromatic nitrogens is 2. The van der Waals surface area contributed by atoms with Crippen LogP contribution in [0.25, 0.3) is 0 Å². The minimum Gasteiger partial charge on any atom is -0.308 e.